The topological polar surface area (TPSA) is 66.0 Å². The number of rotatable bonds is 5. The Morgan fingerprint density at radius 3 is 2.70 bits per heavy atom. The van der Waals surface area contributed by atoms with Gasteiger partial charge in [0.15, 0.2) is 5.96 Å². The zero-order valence-electron chi connectivity index (χ0n) is 15.4. The van der Waals surface area contributed by atoms with E-state index < -0.39 is 5.60 Å². The van der Waals surface area contributed by atoms with Crippen LogP contribution in [0.4, 0.5) is 4.79 Å². The van der Waals surface area contributed by atoms with Crippen molar-refractivity contribution >= 4 is 12.1 Å². The molecule has 0 aliphatic carbocycles. The summed E-state index contributed by atoms with van der Waals surface area (Å²) in [6.45, 7) is 11.2. The molecule has 134 valence electrons. The normalized spacial score (nSPS) is 19.4. The summed E-state index contributed by atoms with van der Waals surface area (Å²) in [6.07, 6.45) is 4.24. The van der Waals surface area contributed by atoms with E-state index >= 15 is 0 Å². The largest absolute Gasteiger partial charge is 0.444 e. The van der Waals surface area contributed by atoms with Crippen LogP contribution in [0.25, 0.3) is 0 Å². The van der Waals surface area contributed by atoms with E-state index in [1.54, 1.807) is 7.05 Å². The second-order valence-electron chi connectivity index (χ2n) is 7.17. The van der Waals surface area contributed by atoms with E-state index in [9.17, 15) is 4.79 Å². The zero-order valence-corrected chi connectivity index (χ0v) is 15.4. The van der Waals surface area contributed by atoms with Gasteiger partial charge in [0, 0.05) is 33.2 Å². The number of guanidine groups is 1. The minimum atomic E-state index is -0.437. The Morgan fingerprint density at radius 2 is 2.09 bits per heavy atom. The number of nitrogens with zero attached hydrogens (tertiary/aromatic N) is 2. The standard InChI is InChI=1S/C17H34N4O2/c1-6-7-10-19-15(18-5)20-12-14-9-8-11-21(13-14)16(22)23-17(2,3)4/h14H,6-13H2,1-5H3,(H2,18,19,20). The highest BCUT2D eigenvalue weighted by Gasteiger charge is 2.27. The monoisotopic (exact) mass is 326 g/mol. The van der Waals surface area contributed by atoms with Gasteiger partial charge in [-0.3, -0.25) is 4.99 Å². The predicted molar refractivity (Wildman–Crippen MR) is 94.8 cm³/mol. The lowest BCUT2D eigenvalue weighted by Gasteiger charge is -2.34. The van der Waals surface area contributed by atoms with E-state index in [-0.39, 0.29) is 6.09 Å². The van der Waals surface area contributed by atoms with E-state index in [0.29, 0.717) is 5.92 Å². The first kappa shape index (κ1) is 19.6. The average molecular weight is 326 g/mol. The first-order valence-electron chi connectivity index (χ1n) is 8.78. The lowest BCUT2D eigenvalue weighted by Crippen LogP contribution is -2.47. The van der Waals surface area contributed by atoms with Gasteiger partial charge in [0.25, 0.3) is 0 Å². The number of aliphatic imine (C=N–C) groups is 1. The molecule has 0 radical (unpaired) electrons. The number of nitrogens with one attached hydrogen (secondary N) is 2. The molecule has 0 aromatic heterocycles. The molecule has 0 spiro atoms. The Kier molecular flexibility index (Phi) is 8.20. The van der Waals surface area contributed by atoms with Crippen molar-refractivity contribution in [1.82, 2.24) is 15.5 Å². The predicted octanol–water partition coefficient (Wildman–Crippen LogP) is 2.60. The van der Waals surface area contributed by atoms with Crippen LogP contribution < -0.4 is 10.6 Å². The third-order valence-corrected chi connectivity index (χ3v) is 3.78. The van der Waals surface area contributed by atoms with Crippen LogP contribution in [0.3, 0.4) is 0 Å². The second kappa shape index (κ2) is 9.63. The van der Waals surface area contributed by atoms with Gasteiger partial charge < -0.3 is 20.3 Å². The number of hydrogen-bond donors (Lipinski definition) is 2. The molecule has 1 unspecified atom stereocenters. The number of likely N-dealkylation sites (tertiary alicyclic amines) is 1. The fraction of sp³-hybridized carbons (Fsp3) is 0.882. The molecule has 0 aromatic rings. The molecule has 1 fully saturated rings. The van der Waals surface area contributed by atoms with Crippen molar-refractivity contribution in [1.29, 1.82) is 0 Å². The summed E-state index contributed by atoms with van der Waals surface area (Å²) >= 11 is 0. The summed E-state index contributed by atoms with van der Waals surface area (Å²) in [5, 5.41) is 6.67. The molecule has 23 heavy (non-hydrogen) atoms. The van der Waals surface area contributed by atoms with Gasteiger partial charge in [0.2, 0.25) is 0 Å². The van der Waals surface area contributed by atoms with E-state index in [0.717, 1.165) is 57.8 Å². The van der Waals surface area contributed by atoms with Gasteiger partial charge in [-0.25, -0.2) is 4.79 Å². The summed E-state index contributed by atoms with van der Waals surface area (Å²) in [5.41, 5.74) is -0.437. The van der Waals surface area contributed by atoms with Crippen molar-refractivity contribution in [3.8, 4) is 0 Å². The Morgan fingerprint density at radius 1 is 1.35 bits per heavy atom. The summed E-state index contributed by atoms with van der Waals surface area (Å²) in [6, 6.07) is 0. The highest BCUT2D eigenvalue weighted by atomic mass is 16.6. The minimum Gasteiger partial charge on any atom is -0.444 e. The van der Waals surface area contributed by atoms with Gasteiger partial charge in [0.05, 0.1) is 0 Å². The lowest BCUT2D eigenvalue weighted by atomic mass is 9.98. The molecular formula is C17H34N4O2. The molecule has 0 bridgehead atoms. The number of hydrogen-bond acceptors (Lipinski definition) is 3. The maximum absolute atomic E-state index is 12.2. The van der Waals surface area contributed by atoms with Gasteiger partial charge in [-0.1, -0.05) is 13.3 Å². The third kappa shape index (κ3) is 8.09. The third-order valence-electron chi connectivity index (χ3n) is 3.78. The van der Waals surface area contributed by atoms with Gasteiger partial charge in [-0.15, -0.1) is 0 Å². The maximum atomic E-state index is 12.2. The van der Waals surface area contributed by atoms with Crippen LogP contribution in [0.2, 0.25) is 0 Å². The van der Waals surface area contributed by atoms with Crippen LogP contribution in [0, 0.1) is 5.92 Å². The van der Waals surface area contributed by atoms with E-state index in [1.807, 2.05) is 25.7 Å². The Bertz CT molecular complexity index is 391. The van der Waals surface area contributed by atoms with E-state index in [4.69, 9.17) is 4.74 Å². The number of ether oxygens (including phenoxy) is 1. The quantitative estimate of drug-likeness (QED) is 0.463. The molecule has 0 saturated carbocycles. The first-order chi connectivity index (χ1) is 10.9. The van der Waals surface area contributed by atoms with Gasteiger partial charge in [-0.05, 0) is 46.0 Å². The average Bonchev–Trinajstić information content (AvgIpc) is 2.49. The number of carbonyl (C=O) groups excluding carboxylic acids is 1. The van der Waals surface area contributed by atoms with Gasteiger partial charge in [-0.2, -0.15) is 0 Å². The molecule has 1 amide bonds. The molecule has 1 heterocycles. The highest BCUT2D eigenvalue weighted by molar-refractivity contribution is 5.79. The molecular weight excluding hydrogens is 292 g/mol. The van der Waals surface area contributed by atoms with Crippen LogP contribution in [0.5, 0.6) is 0 Å². The molecule has 6 heteroatoms. The number of carbonyl (C=O) groups is 1. The van der Waals surface area contributed by atoms with Crippen LogP contribution in [-0.2, 0) is 4.74 Å². The minimum absolute atomic E-state index is 0.201. The molecule has 1 rings (SSSR count). The highest BCUT2D eigenvalue weighted by Crippen LogP contribution is 2.18. The first-order valence-corrected chi connectivity index (χ1v) is 8.78. The Labute approximate surface area is 141 Å². The van der Waals surface area contributed by atoms with Crippen molar-refractivity contribution in [2.24, 2.45) is 10.9 Å². The van der Waals surface area contributed by atoms with Gasteiger partial charge in [0.1, 0.15) is 5.60 Å². The van der Waals surface area contributed by atoms with E-state index in [2.05, 4.69) is 22.5 Å². The van der Waals surface area contributed by atoms with Gasteiger partial charge >= 0.3 is 6.09 Å². The van der Waals surface area contributed by atoms with Crippen LogP contribution in [0.15, 0.2) is 4.99 Å². The second-order valence-corrected chi connectivity index (χ2v) is 7.17. The smallest absolute Gasteiger partial charge is 0.410 e. The lowest BCUT2D eigenvalue weighted by molar-refractivity contribution is 0.0168. The summed E-state index contributed by atoms with van der Waals surface area (Å²) in [5.74, 6) is 1.27. The molecule has 1 saturated heterocycles. The SMILES string of the molecule is CCCCNC(=NC)NCC1CCCN(C(=O)OC(C)(C)C)C1. The number of amides is 1. The Hall–Kier alpha value is -1.46. The zero-order chi connectivity index (χ0) is 17.3. The van der Waals surface area contributed by atoms with Crippen molar-refractivity contribution < 1.29 is 9.53 Å². The van der Waals surface area contributed by atoms with Crippen molar-refractivity contribution in [2.75, 3.05) is 33.2 Å². The fourth-order valence-corrected chi connectivity index (χ4v) is 2.57. The molecule has 0 aromatic carbocycles. The van der Waals surface area contributed by atoms with Crippen molar-refractivity contribution in [2.45, 2.75) is 59.0 Å². The van der Waals surface area contributed by atoms with Crippen LogP contribution >= 0.6 is 0 Å². The molecule has 1 aliphatic heterocycles. The molecule has 2 N–H and O–H groups in total. The fourth-order valence-electron chi connectivity index (χ4n) is 2.57. The summed E-state index contributed by atoms with van der Waals surface area (Å²) < 4.78 is 5.47. The molecule has 1 atom stereocenters. The van der Waals surface area contributed by atoms with Crippen molar-refractivity contribution in [3.63, 3.8) is 0 Å². The maximum Gasteiger partial charge on any atom is 0.410 e. The number of piperidine rings is 1. The van der Waals surface area contributed by atoms with Crippen LogP contribution in [0.1, 0.15) is 53.4 Å². The van der Waals surface area contributed by atoms with E-state index in [1.165, 1.54) is 0 Å². The molecule has 6 nitrogen and oxygen atoms in total. The summed E-state index contributed by atoms with van der Waals surface area (Å²) in [7, 11) is 1.79. The summed E-state index contributed by atoms with van der Waals surface area (Å²) in [4.78, 5) is 18.2. The molecule has 1 aliphatic rings. The van der Waals surface area contributed by atoms with Crippen molar-refractivity contribution in [3.05, 3.63) is 0 Å². The number of unbranched alkanes of at least 4 members (excludes halogenated alkanes) is 1. The Balaban J connectivity index is 2.38. The van der Waals surface area contributed by atoms with Crippen LogP contribution in [-0.4, -0.2) is 55.8 Å².